The molecule has 2 aromatic rings. The molecule has 1 atom stereocenters. The van der Waals surface area contributed by atoms with Gasteiger partial charge in [-0.05, 0) is 24.3 Å². The first-order valence-corrected chi connectivity index (χ1v) is 6.27. The lowest BCUT2D eigenvalue weighted by Gasteiger charge is -2.11. The fourth-order valence-electron chi connectivity index (χ4n) is 2.01. The van der Waals surface area contributed by atoms with E-state index in [1.54, 1.807) is 0 Å². The van der Waals surface area contributed by atoms with Crippen LogP contribution in [0.4, 0.5) is 0 Å². The molecule has 0 saturated carbocycles. The fraction of sp³-hybridized carbons (Fsp3) is 0.286. The van der Waals surface area contributed by atoms with Crippen LogP contribution in [0.2, 0.25) is 0 Å². The van der Waals surface area contributed by atoms with Crippen LogP contribution < -0.4 is 4.74 Å². The van der Waals surface area contributed by atoms with Crippen LogP contribution in [0, 0.1) is 0 Å². The van der Waals surface area contributed by atoms with E-state index in [4.69, 9.17) is 19.1 Å². The average molecular weight is 275 g/mol. The van der Waals surface area contributed by atoms with Gasteiger partial charge < -0.3 is 19.1 Å². The lowest BCUT2D eigenvalue weighted by atomic mass is 10.1. The number of benzene rings is 1. The van der Waals surface area contributed by atoms with Gasteiger partial charge in [0.1, 0.15) is 17.5 Å². The summed E-state index contributed by atoms with van der Waals surface area (Å²) < 4.78 is 15.7. The standard InChI is InChI=1S/C14H13NO5/c16-14(17)13-7-12(15-20-13)9-1-3-10(4-2-9)19-11-5-6-18-8-11/h1-4,7,11H,5-6,8H2,(H,16,17). The summed E-state index contributed by atoms with van der Waals surface area (Å²) in [4.78, 5) is 10.7. The SMILES string of the molecule is O=C(O)c1cc(-c2ccc(OC3CCOC3)cc2)no1. The maximum atomic E-state index is 10.7. The molecule has 0 bridgehead atoms. The van der Waals surface area contributed by atoms with Crippen LogP contribution in [0.5, 0.6) is 5.75 Å². The molecular formula is C14H13NO5. The van der Waals surface area contributed by atoms with Crippen molar-refractivity contribution in [1.82, 2.24) is 5.16 Å². The number of carbonyl (C=O) groups is 1. The van der Waals surface area contributed by atoms with E-state index < -0.39 is 5.97 Å². The van der Waals surface area contributed by atoms with Crippen LogP contribution in [-0.4, -0.2) is 35.6 Å². The Morgan fingerprint density at radius 2 is 2.15 bits per heavy atom. The maximum Gasteiger partial charge on any atom is 0.374 e. The van der Waals surface area contributed by atoms with Crippen molar-refractivity contribution in [3.63, 3.8) is 0 Å². The van der Waals surface area contributed by atoms with Crippen molar-refractivity contribution in [1.29, 1.82) is 0 Å². The Morgan fingerprint density at radius 3 is 2.75 bits per heavy atom. The summed E-state index contributed by atoms with van der Waals surface area (Å²) in [6.45, 7) is 1.35. The maximum absolute atomic E-state index is 10.7. The zero-order valence-corrected chi connectivity index (χ0v) is 10.6. The Morgan fingerprint density at radius 1 is 1.35 bits per heavy atom. The zero-order valence-electron chi connectivity index (χ0n) is 10.6. The number of ether oxygens (including phenoxy) is 2. The van der Waals surface area contributed by atoms with Gasteiger partial charge in [-0.2, -0.15) is 0 Å². The van der Waals surface area contributed by atoms with Gasteiger partial charge in [0.15, 0.2) is 0 Å². The highest BCUT2D eigenvalue weighted by molar-refractivity contribution is 5.85. The Balaban J connectivity index is 1.72. The molecule has 0 amide bonds. The van der Waals surface area contributed by atoms with Gasteiger partial charge in [-0.1, -0.05) is 5.16 Å². The van der Waals surface area contributed by atoms with E-state index in [1.165, 1.54) is 6.07 Å². The van der Waals surface area contributed by atoms with Crippen molar-refractivity contribution in [3.05, 3.63) is 36.1 Å². The zero-order chi connectivity index (χ0) is 13.9. The minimum atomic E-state index is -1.13. The third kappa shape index (κ3) is 2.65. The van der Waals surface area contributed by atoms with Gasteiger partial charge in [0.2, 0.25) is 5.76 Å². The number of carboxylic acid groups (broad SMARTS) is 1. The normalized spacial score (nSPS) is 18.1. The van der Waals surface area contributed by atoms with Crippen molar-refractivity contribution in [2.75, 3.05) is 13.2 Å². The summed E-state index contributed by atoms with van der Waals surface area (Å²) in [5, 5.41) is 12.5. The largest absolute Gasteiger partial charge is 0.488 e. The number of rotatable bonds is 4. The van der Waals surface area contributed by atoms with Crippen molar-refractivity contribution < 1.29 is 23.9 Å². The van der Waals surface area contributed by atoms with E-state index in [2.05, 4.69) is 5.16 Å². The molecule has 20 heavy (non-hydrogen) atoms. The van der Waals surface area contributed by atoms with Crippen LogP contribution in [0.25, 0.3) is 11.3 Å². The summed E-state index contributed by atoms with van der Waals surface area (Å²) in [5.74, 6) is -0.556. The number of aromatic nitrogens is 1. The molecule has 6 nitrogen and oxygen atoms in total. The molecular weight excluding hydrogens is 262 g/mol. The molecule has 3 rings (SSSR count). The van der Waals surface area contributed by atoms with Crippen LogP contribution in [0.15, 0.2) is 34.9 Å². The molecule has 2 heterocycles. The highest BCUT2D eigenvalue weighted by Gasteiger charge is 2.17. The molecule has 104 valence electrons. The van der Waals surface area contributed by atoms with Crippen molar-refractivity contribution in [2.24, 2.45) is 0 Å². The Kier molecular flexibility index (Phi) is 3.39. The van der Waals surface area contributed by atoms with E-state index in [0.717, 1.165) is 24.3 Å². The third-order valence-corrected chi connectivity index (χ3v) is 3.06. The molecule has 1 aliphatic heterocycles. The van der Waals surface area contributed by atoms with E-state index in [1.807, 2.05) is 24.3 Å². The highest BCUT2D eigenvalue weighted by Crippen LogP contribution is 2.23. The number of nitrogens with zero attached hydrogens (tertiary/aromatic N) is 1. The Bertz CT molecular complexity index is 598. The number of aromatic carboxylic acids is 1. The predicted molar refractivity (Wildman–Crippen MR) is 68.8 cm³/mol. The van der Waals surface area contributed by atoms with E-state index >= 15 is 0 Å². The first-order chi connectivity index (χ1) is 9.72. The first kappa shape index (κ1) is 12.7. The second-order valence-electron chi connectivity index (χ2n) is 4.51. The summed E-state index contributed by atoms with van der Waals surface area (Å²) in [6, 6.07) is 8.66. The van der Waals surface area contributed by atoms with Gasteiger partial charge >= 0.3 is 5.97 Å². The van der Waals surface area contributed by atoms with Gasteiger partial charge in [-0.25, -0.2) is 4.79 Å². The van der Waals surface area contributed by atoms with Crippen LogP contribution in [0.3, 0.4) is 0 Å². The molecule has 1 fully saturated rings. The topological polar surface area (TPSA) is 81.8 Å². The number of hydrogen-bond donors (Lipinski definition) is 1. The van der Waals surface area contributed by atoms with Crippen LogP contribution >= 0.6 is 0 Å². The van der Waals surface area contributed by atoms with Gasteiger partial charge in [0.25, 0.3) is 0 Å². The molecule has 0 radical (unpaired) electrons. The monoisotopic (exact) mass is 275 g/mol. The molecule has 0 spiro atoms. The third-order valence-electron chi connectivity index (χ3n) is 3.06. The molecule has 1 aliphatic rings. The summed E-state index contributed by atoms with van der Waals surface area (Å²) in [5.41, 5.74) is 1.26. The van der Waals surface area contributed by atoms with E-state index in [-0.39, 0.29) is 11.9 Å². The van der Waals surface area contributed by atoms with E-state index in [9.17, 15) is 4.79 Å². The summed E-state index contributed by atoms with van der Waals surface area (Å²) in [6.07, 6.45) is 0.999. The smallest absolute Gasteiger partial charge is 0.374 e. The van der Waals surface area contributed by atoms with Crippen LogP contribution in [0.1, 0.15) is 17.0 Å². The molecule has 1 aromatic carbocycles. The van der Waals surface area contributed by atoms with Crippen molar-refractivity contribution in [2.45, 2.75) is 12.5 Å². The lowest BCUT2D eigenvalue weighted by molar-refractivity contribution is 0.0652. The summed E-state index contributed by atoms with van der Waals surface area (Å²) >= 11 is 0. The second-order valence-corrected chi connectivity index (χ2v) is 4.51. The van der Waals surface area contributed by atoms with E-state index in [0.29, 0.717) is 12.3 Å². The fourth-order valence-corrected chi connectivity index (χ4v) is 2.01. The Hall–Kier alpha value is -2.34. The first-order valence-electron chi connectivity index (χ1n) is 6.27. The van der Waals surface area contributed by atoms with Crippen molar-refractivity contribution >= 4 is 5.97 Å². The minimum Gasteiger partial charge on any atom is -0.488 e. The van der Waals surface area contributed by atoms with Gasteiger partial charge in [0, 0.05) is 18.1 Å². The molecule has 1 unspecified atom stereocenters. The van der Waals surface area contributed by atoms with Gasteiger partial charge in [0.05, 0.1) is 13.2 Å². The lowest BCUT2D eigenvalue weighted by Crippen LogP contribution is -2.15. The molecule has 1 saturated heterocycles. The molecule has 6 heteroatoms. The van der Waals surface area contributed by atoms with Gasteiger partial charge in [-0.3, -0.25) is 0 Å². The second kappa shape index (κ2) is 5.34. The quantitative estimate of drug-likeness (QED) is 0.921. The number of hydrogen-bond acceptors (Lipinski definition) is 5. The van der Waals surface area contributed by atoms with Gasteiger partial charge in [-0.15, -0.1) is 0 Å². The average Bonchev–Trinajstić information content (AvgIpc) is 3.10. The minimum absolute atomic E-state index is 0.103. The molecule has 0 aliphatic carbocycles. The Labute approximate surface area is 114 Å². The molecule has 1 aromatic heterocycles. The molecule has 1 N–H and O–H groups in total. The number of carboxylic acids is 1. The van der Waals surface area contributed by atoms with Crippen molar-refractivity contribution in [3.8, 4) is 17.0 Å². The van der Waals surface area contributed by atoms with Crippen LogP contribution in [-0.2, 0) is 4.74 Å². The highest BCUT2D eigenvalue weighted by atomic mass is 16.5. The predicted octanol–water partition coefficient (Wildman–Crippen LogP) is 2.21. The summed E-state index contributed by atoms with van der Waals surface area (Å²) in [7, 11) is 0.